The van der Waals surface area contributed by atoms with Crippen molar-refractivity contribution in [1.29, 1.82) is 0 Å². The Labute approximate surface area is 93.0 Å². The van der Waals surface area contributed by atoms with Crippen LogP contribution in [0.1, 0.15) is 17.2 Å². The number of aliphatic hydroxyl groups is 1. The summed E-state index contributed by atoms with van der Waals surface area (Å²) < 4.78 is 38.0. The number of alkyl halides is 3. The van der Waals surface area contributed by atoms with Crippen LogP contribution in [0.3, 0.4) is 0 Å². The second kappa shape index (κ2) is 4.51. The van der Waals surface area contributed by atoms with Crippen molar-refractivity contribution in [2.45, 2.75) is 12.2 Å². The van der Waals surface area contributed by atoms with Crippen molar-refractivity contribution in [2.24, 2.45) is 5.73 Å². The van der Waals surface area contributed by atoms with Crippen LogP contribution in [0.2, 0.25) is 0 Å². The number of hydrogen-bond donors (Lipinski definition) is 2. The van der Waals surface area contributed by atoms with Crippen molar-refractivity contribution in [3.05, 3.63) is 33.8 Å². The Kier molecular flexibility index (Phi) is 3.75. The fourth-order valence-electron chi connectivity index (χ4n) is 1.25. The van der Waals surface area contributed by atoms with Crippen LogP contribution in [-0.2, 0) is 6.18 Å². The molecule has 0 radical (unpaired) electrons. The van der Waals surface area contributed by atoms with Gasteiger partial charge in [0.15, 0.2) is 0 Å². The summed E-state index contributed by atoms with van der Waals surface area (Å²) in [6.07, 6.45) is -4.47. The first-order valence-corrected chi connectivity index (χ1v) is 4.89. The predicted octanol–water partition coefficient (Wildman–Crippen LogP) is 2.46. The van der Waals surface area contributed by atoms with Crippen LogP contribution in [0, 0.1) is 0 Å². The number of rotatable bonds is 2. The number of halogens is 4. The van der Waals surface area contributed by atoms with Gasteiger partial charge in [0.05, 0.1) is 18.2 Å². The average Bonchev–Trinajstić information content (AvgIpc) is 2.15. The van der Waals surface area contributed by atoms with Gasteiger partial charge in [-0.1, -0.05) is 22.0 Å². The van der Waals surface area contributed by atoms with E-state index in [1.807, 2.05) is 0 Å². The Morgan fingerprint density at radius 1 is 1.40 bits per heavy atom. The molecule has 0 amide bonds. The van der Waals surface area contributed by atoms with E-state index in [1.165, 1.54) is 12.1 Å². The highest BCUT2D eigenvalue weighted by Crippen LogP contribution is 2.37. The summed E-state index contributed by atoms with van der Waals surface area (Å²) in [4.78, 5) is 0. The van der Waals surface area contributed by atoms with Gasteiger partial charge in [-0.2, -0.15) is 13.2 Å². The molecule has 84 valence electrons. The van der Waals surface area contributed by atoms with E-state index < -0.39 is 24.4 Å². The van der Waals surface area contributed by atoms with Crippen LogP contribution in [0.5, 0.6) is 0 Å². The van der Waals surface area contributed by atoms with E-state index in [2.05, 4.69) is 15.9 Å². The normalized spacial score (nSPS) is 14.0. The van der Waals surface area contributed by atoms with Crippen LogP contribution >= 0.6 is 15.9 Å². The molecule has 0 aromatic heterocycles. The summed E-state index contributed by atoms with van der Waals surface area (Å²) in [6.45, 7) is -0.536. The average molecular weight is 284 g/mol. The van der Waals surface area contributed by atoms with Gasteiger partial charge >= 0.3 is 6.18 Å². The standard InChI is InChI=1S/C9H9BrF3NO/c10-6-3-1-2-5(9(11,12)13)8(6)7(14)4-15/h1-3,7,15H,4,14H2. The van der Waals surface area contributed by atoms with Crippen molar-refractivity contribution < 1.29 is 18.3 Å². The van der Waals surface area contributed by atoms with Crippen molar-refractivity contribution in [2.75, 3.05) is 6.61 Å². The van der Waals surface area contributed by atoms with Gasteiger partial charge in [-0.3, -0.25) is 0 Å². The van der Waals surface area contributed by atoms with Gasteiger partial charge in [0, 0.05) is 4.47 Å². The quantitative estimate of drug-likeness (QED) is 0.876. The van der Waals surface area contributed by atoms with Gasteiger partial charge < -0.3 is 10.8 Å². The third-order valence-corrected chi connectivity index (χ3v) is 2.62. The first kappa shape index (κ1) is 12.5. The van der Waals surface area contributed by atoms with Crippen molar-refractivity contribution in [3.63, 3.8) is 0 Å². The zero-order valence-electron chi connectivity index (χ0n) is 7.55. The third kappa shape index (κ3) is 2.70. The van der Waals surface area contributed by atoms with Gasteiger partial charge in [-0.15, -0.1) is 0 Å². The maximum Gasteiger partial charge on any atom is 0.416 e. The SMILES string of the molecule is NC(CO)c1c(Br)cccc1C(F)(F)F. The Hall–Kier alpha value is -0.590. The number of nitrogens with two attached hydrogens (primary N) is 1. The maximum absolute atomic E-state index is 12.6. The maximum atomic E-state index is 12.6. The second-order valence-corrected chi connectivity index (χ2v) is 3.84. The molecule has 2 nitrogen and oxygen atoms in total. The molecular weight excluding hydrogens is 275 g/mol. The van der Waals surface area contributed by atoms with Gasteiger partial charge in [0.25, 0.3) is 0 Å². The lowest BCUT2D eigenvalue weighted by molar-refractivity contribution is -0.138. The molecule has 0 aliphatic carbocycles. The highest BCUT2D eigenvalue weighted by atomic mass is 79.9. The summed E-state index contributed by atoms with van der Waals surface area (Å²) in [7, 11) is 0. The lowest BCUT2D eigenvalue weighted by Crippen LogP contribution is -2.20. The summed E-state index contributed by atoms with van der Waals surface area (Å²) in [6, 6.07) is 2.63. The minimum absolute atomic E-state index is 0.118. The molecule has 0 saturated carbocycles. The van der Waals surface area contributed by atoms with E-state index in [1.54, 1.807) is 0 Å². The van der Waals surface area contributed by atoms with E-state index in [4.69, 9.17) is 10.8 Å². The molecule has 1 aromatic rings. The summed E-state index contributed by atoms with van der Waals surface area (Å²) in [5, 5.41) is 8.79. The summed E-state index contributed by atoms with van der Waals surface area (Å²) >= 11 is 2.99. The predicted molar refractivity (Wildman–Crippen MR) is 53.2 cm³/mol. The molecular formula is C9H9BrF3NO. The van der Waals surface area contributed by atoms with Crippen molar-refractivity contribution in [1.82, 2.24) is 0 Å². The first-order chi connectivity index (χ1) is 6.88. The van der Waals surface area contributed by atoms with Crippen molar-refractivity contribution >= 4 is 15.9 Å². The van der Waals surface area contributed by atoms with E-state index >= 15 is 0 Å². The largest absolute Gasteiger partial charge is 0.416 e. The van der Waals surface area contributed by atoms with Crippen LogP contribution < -0.4 is 5.73 Å². The second-order valence-electron chi connectivity index (χ2n) is 2.99. The van der Waals surface area contributed by atoms with E-state index in [0.717, 1.165) is 6.07 Å². The van der Waals surface area contributed by atoms with Crippen molar-refractivity contribution in [3.8, 4) is 0 Å². The van der Waals surface area contributed by atoms with Crippen LogP contribution in [-0.4, -0.2) is 11.7 Å². The molecule has 6 heteroatoms. The van der Waals surface area contributed by atoms with Gasteiger partial charge in [0.1, 0.15) is 0 Å². The lowest BCUT2D eigenvalue weighted by Gasteiger charge is -2.18. The van der Waals surface area contributed by atoms with E-state index in [9.17, 15) is 13.2 Å². The van der Waals surface area contributed by atoms with Gasteiger partial charge in [0.2, 0.25) is 0 Å². The Balaban J connectivity index is 3.33. The summed E-state index contributed by atoms with van der Waals surface area (Å²) in [5.74, 6) is 0. The third-order valence-electron chi connectivity index (χ3n) is 1.93. The monoisotopic (exact) mass is 283 g/mol. The topological polar surface area (TPSA) is 46.2 Å². The molecule has 0 aliphatic rings. The van der Waals surface area contributed by atoms with Crippen LogP contribution in [0.25, 0.3) is 0 Å². The number of aliphatic hydroxyl groups excluding tert-OH is 1. The number of benzene rings is 1. The Morgan fingerprint density at radius 3 is 2.47 bits per heavy atom. The molecule has 1 aromatic carbocycles. The Morgan fingerprint density at radius 2 is 2.00 bits per heavy atom. The fourth-order valence-corrected chi connectivity index (χ4v) is 1.91. The molecule has 3 N–H and O–H groups in total. The highest BCUT2D eigenvalue weighted by Gasteiger charge is 2.35. The molecule has 0 saturated heterocycles. The number of hydrogen-bond acceptors (Lipinski definition) is 2. The van der Waals surface area contributed by atoms with E-state index in [-0.39, 0.29) is 10.0 Å². The smallest absolute Gasteiger partial charge is 0.394 e. The molecule has 15 heavy (non-hydrogen) atoms. The Bertz CT molecular complexity index is 354. The van der Waals surface area contributed by atoms with Crippen LogP contribution in [0.4, 0.5) is 13.2 Å². The molecule has 1 atom stereocenters. The fraction of sp³-hybridized carbons (Fsp3) is 0.333. The first-order valence-electron chi connectivity index (χ1n) is 4.10. The van der Waals surface area contributed by atoms with Gasteiger partial charge in [-0.05, 0) is 17.7 Å². The molecule has 0 bridgehead atoms. The zero-order chi connectivity index (χ0) is 11.6. The van der Waals surface area contributed by atoms with E-state index in [0.29, 0.717) is 0 Å². The zero-order valence-corrected chi connectivity index (χ0v) is 9.14. The minimum Gasteiger partial charge on any atom is -0.394 e. The van der Waals surface area contributed by atoms with Gasteiger partial charge in [-0.25, -0.2) is 0 Å². The lowest BCUT2D eigenvalue weighted by atomic mass is 10.0. The molecule has 0 spiro atoms. The minimum atomic E-state index is -4.47. The molecule has 0 heterocycles. The molecule has 0 aliphatic heterocycles. The molecule has 0 fully saturated rings. The molecule has 1 unspecified atom stereocenters. The van der Waals surface area contributed by atoms with Crippen LogP contribution in [0.15, 0.2) is 22.7 Å². The molecule has 1 rings (SSSR count). The summed E-state index contributed by atoms with van der Waals surface area (Å²) in [5.41, 5.74) is 4.47. The highest BCUT2D eigenvalue weighted by molar-refractivity contribution is 9.10.